The summed E-state index contributed by atoms with van der Waals surface area (Å²) in [6.45, 7) is 4.04. The number of carboxylic acid groups (broad SMARTS) is 1. The Hall–Kier alpha value is -2.15. The summed E-state index contributed by atoms with van der Waals surface area (Å²) < 4.78 is 0. The molecule has 2 amide bonds. The van der Waals surface area contributed by atoms with Gasteiger partial charge in [0, 0.05) is 18.8 Å². The minimum Gasteiger partial charge on any atom is -0.478 e. The number of hydrogen-bond acceptors (Lipinski definition) is 4. The van der Waals surface area contributed by atoms with Crippen molar-refractivity contribution in [3.63, 3.8) is 0 Å². The Morgan fingerprint density at radius 2 is 2.00 bits per heavy atom. The predicted octanol–water partition coefficient (Wildman–Crippen LogP) is 1.79. The Bertz CT molecular complexity index is 489. The largest absolute Gasteiger partial charge is 0.478 e. The Morgan fingerprint density at radius 3 is 2.52 bits per heavy atom. The molecule has 0 aliphatic rings. The lowest BCUT2D eigenvalue weighted by Crippen LogP contribution is -2.44. The van der Waals surface area contributed by atoms with E-state index in [1.54, 1.807) is 4.90 Å². The van der Waals surface area contributed by atoms with Crippen molar-refractivity contribution in [1.29, 1.82) is 0 Å². The van der Waals surface area contributed by atoms with Gasteiger partial charge in [-0.25, -0.2) is 9.59 Å². The second-order valence-electron chi connectivity index (χ2n) is 4.58. The van der Waals surface area contributed by atoms with E-state index in [1.165, 1.54) is 18.5 Å². The van der Waals surface area contributed by atoms with Crippen LogP contribution in [0.2, 0.25) is 0 Å². The average molecular weight is 295 g/mol. The van der Waals surface area contributed by atoms with Crippen molar-refractivity contribution in [3.05, 3.63) is 24.0 Å². The standard InChI is InChI=1S/C14H21N3O4/c1-3-12(4-2)17(5-6-18)14(21)16-11-7-10(13(19)20)8-15-9-11/h7-9,12,18H,3-6H2,1-2H3,(H,16,21)(H,19,20). The van der Waals surface area contributed by atoms with E-state index >= 15 is 0 Å². The maximum atomic E-state index is 12.3. The van der Waals surface area contributed by atoms with Crippen molar-refractivity contribution >= 4 is 17.7 Å². The third kappa shape index (κ3) is 4.71. The molecule has 0 aromatic carbocycles. The predicted molar refractivity (Wildman–Crippen MR) is 78.4 cm³/mol. The highest BCUT2D eigenvalue weighted by Crippen LogP contribution is 2.13. The first kappa shape index (κ1) is 16.9. The van der Waals surface area contributed by atoms with E-state index in [9.17, 15) is 9.59 Å². The van der Waals surface area contributed by atoms with Crippen LogP contribution in [-0.2, 0) is 0 Å². The number of amides is 2. The van der Waals surface area contributed by atoms with Crippen molar-refractivity contribution in [2.75, 3.05) is 18.5 Å². The van der Waals surface area contributed by atoms with Gasteiger partial charge in [0.1, 0.15) is 0 Å². The number of aromatic carboxylic acids is 1. The lowest BCUT2D eigenvalue weighted by molar-refractivity contribution is 0.0696. The molecule has 7 heteroatoms. The molecule has 0 atom stereocenters. The summed E-state index contributed by atoms with van der Waals surface area (Å²) in [5, 5.41) is 20.6. The normalized spacial score (nSPS) is 10.5. The first-order chi connectivity index (χ1) is 10.0. The van der Waals surface area contributed by atoms with Gasteiger partial charge in [0.05, 0.1) is 24.1 Å². The summed E-state index contributed by atoms with van der Waals surface area (Å²) >= 11 is 0. The van der Waals surface area contributed by atoms with Gasteiger partial charge in [-0.05, 0) is 18.9 Å². The molecule has 0 aliphatic carbocycles. The molecule has 116 valence electrons. The van der Waals surface area contributed by atoms with E-state index in [0.29, 0.717) is 5.69 Å². The van der Waals surface area contributed by atoms with Gasteiger partial charge < -0.3 is 20.4 Å². The van der Waals surface area contributed by atoms with Crippen molar-refractivity contribution in [2.24, 2.45) is 0 Å². The minimum atomic E-state index is -1.11. The number of carbonyl (C=O) groups is 2. The summed E-state index contributed by atoms with van der Waals surface area (Å²) in [7, 11) is 0. The van der Waals surface area contributed by atoms with Crippen LogP contribution in [0.15, 0.2) is 18.5 Å². The molecule has 0 saturated heterocycles. The topological polar surface area (TPSA) is 103 Å². The molecule has 0 radical (unpaired) electrons. The van der Waals surface area contributed by atoms with Crippen LogP contribution in [0.3, 0.4) is 0 Å². The number of aliphatic hydroxyl groups excluding tert-OH is 1. The third-order valence-corrected chi connectivity index (χ3v) is 3.22. The number of hydrogen-bond donors (Lipinski definition) is 3. The van der Waals surface area contributed by atoms with Gasteiger partial charge in [-0.3, -0.25) is 4.98 Å². The SMILES string of the molecule is CCC(CC)N(CCO)C(=O)Nc1cncc(C(=O)O)c1. The lowest BCUT2D eigenvalue weighted by atomic mass is 10.1. The molecule has 1 heterocycles. The maximum Gasteiger partial charge on any atom is 0.337 e. The number of aliphatic hydroxyl groups is 1. The van der Waals surface area contributed by atoms with E-state index in [1.807, 2.05) is 13.8 Å². The van der Waals surface area contributed by atoms with Crippen LogP contribution in [0.5, 0.6) is 0 Å². The zero-order valence-corrected chi connectivity index (χ0v) is 12.2. The molecule has 3 N–H and O–H groups in total. The number of aromatic nitrogens is 1. The first-order valence-corrected chi connectivity index (χ1v) is 6.90. The number of carbonyl (C=O) groups excluding carboxylic acids is 1. The highest BCUT2D eigenvalue weighted by atomic mass is 16.4. The minimum absolute atomic E-state index is 0.00374. The van der Waals surface area contributed by atoms with Crippen LogP contribution in [0.25, 0.3) is 0 Å². The first-order valence-electron chi connectivity index (χ1n) is 6.90. The number of pyridine rings is 1. The van der Waals surface area contributed by atoms with Crippen molar-refractivity contribution in [2.45, 2.75) is 32.7 Å². The average Bonchev–Trinajstić information content (AvgIpc) is 2.47. The summed E-state index contributed by atoms with van der Waals surface area (Å²) in [4.78, 5) is 28.5. The van der Waals surface area contributed by atoms with Gasteiger partial charge in [-0.15, -0.1) is 0 Å². The molecule has 1 rings (SSSR count). The molecular formula is C14H21N3O4. The van der Waals surface area contributed by atoms with Crippen molar-refractivity contribution in [3.8, 4) is 0 Å². The highest BCUT2D eigenvalue weighted by molar-refractivity contribution is 5.92. The maximum absolute atomic E-state index is 12.3. The molecule has 21 heavy (non-hydrogen) atoms. The molecule has 0 aliphatic heterocycles. The molecule has 7 nitrogen and oxygen atoms in total. The number of rotatable bonds is 7. The van der Waals surface area contributed by atoms with E-state index in [-0.39, 0.29) is 30.8 Å². The van der Waals surface area contributed by atoms with Crippen LogP contribution in [0.4, 0.5) is 10.5 Å². The van der Waals surface area contributed by atoms with Gasteiger partial charge in [0.2, 0.25) is 0 Å². The van der Waals surface area contributed by atoms with E-state index in [0.717, 1.165) is 12.8 Å². The quantitative estimate of drug-likeness (QED) is 0.711. The monoisotopic (exact) mass is 295 g/mol. The van der Waals surface area contributed by atoms with Crippen LogP contribution in [0, 0.1) is 0 Å². The molecule has 0 saturated carbocycles. The Labute approximate surface area is 123 Å². The van der Waals surface area contributed by atoms with Gasteiger partial charge in [0.15, 0.2) is 0 Å². The number of nitrogens with one attached hydrogen (secondary N) is 1. The van der Waals surface area contributed by atoms with Gasteiger partial charge >= 0.3 is 12.0 Å². The molecule has 0 spiro atoms. The zero-order valence-electron chi connectivity index (χ0n) is 12.2. The van der Waals surface area contributed by atoms with Crippen molar-refractivity contribution in [1.82, 2.24) is 9.88 Å². The molecule has 0 fully saturated rings. The summed E-state index contributed by atoms with van der Waals surface area (Å²) in [5.74, 6) is -1.11. The molecule has 0 bridgehead atoms. The van der Waals surface area contributed by atoms with E-state index < -0.39 is 5.97 Å². The number of urea groups is 1. The molecule has 0 unspecified atom stereocenters. The number of carboxylic acids is 1. The molecule has 1 aromatic heterocycles. The van der Waals surface area contributed by atoms with Crippen LogP contribution < -0.4 is 5.32 Å². The van der Waals surface area contributed by atoms with Gasteiger partial charge in [0.25, 0.3) is 0 Å². The number of nitrogens with zero attached hydrogens (tertiary/aromatic N) is 2. The third-order valence-electron chi connectivity index (χ3n) is 3.22. The van der Waals surface area contributed by atoms with E-state index in [4.69, 9.17) is 10.2 Å². The second kappa shape index (κ2) is 8.21. The second-order valence-corrected chi connectivity index (χ2v) is 4.58. The Balaban J connectivity index is 2.85. The number of anilines is 1. The van der Waals surface area contributed by atoms with Gasteiger partial charge in [-0.2, -0.15) is 0 Å². The molecule has 1 aromatic rings. The fourth-order valence-electron chi connectivity index (χ4n) is 2.11. The van der Waals surface area contributed by atoms with Crippen molar-refractivity contribution < 1.29 is 19.8 Å². The van der Waals surface area contributed by atoms with Crippen LogP contribution in [0.1, 0.15) is 37.0 Å². The molecular weight excluding hydrogens is 274 g/mol. The van der Waals surface area contributed by atoms with Gasteiger partial charge in [-0.1, -0.05) is 13.8 Å². The lowest BCUT2D eigenvalue weighted by Gasteiger charge is -2.30. The smallest absolute Gasteiger partial charge is 0.337 e. The van der Waals surface area contributed by atoms with Crippen LogP contribution >= 0.6 is 0 Å². The summed E-state index contributed by atoms with van der Waals surface area (Å²) in [5.41, 5.74) is 0.317. The zero-order chi connectivity index (χ0) is 15.8. The van der Waals surface area contributed by atoms with Crippen LogP contribution in [-0.4, -0.2) is 51.3 Å². The Morgan fingerprint density at radius 1 is 1.33 bits per heavy atom. The fourth-order valence-corrected chi connectivity index (χ4v) is 2.11. The fraction of sp³-hybridized carbons (Fsp3) is 0.500. The Kier molecular flexibility index (Phi) is 6.61. The summed E-state index contributed by atoms with van der Waals surface area (Å²) in [6, 6.07) is 0.993. The van der Waals surface area contributed by atoms with E-state index in [2.05, 4.69) is 10.3 Å². The summed E-state index contributed by atoms with van der Waals surface area (Å²) in [6.07, 6.45) is 4.15. The highest BCUT2D eigenvalue weighted by Gasteiger charge is 2.20.